The number of hydrogen-bond acceptors (Lipinski definition) is 3. The zero-order chi connectivity index (χ0) is 6.91. The second kappa shape index (κ2) is 2.84. The number of rotatable bonds is 1. The van der Waals surface area contributed by atoms with E-state index >= 15 is 0 Å². The Bertz CT molecular complexity index is 97.0. The molecule has 0 spiro atoms. The highest BCUT2D eigenvalue weighted by Gasteiger charge is 2.36. The molecular weight excluding hydrogens is 189 g/mol. The first-order valence-corrected chi connectivity index (χ1v) is 5.03. The molecule has 54 valence electrons. The van der Waals surface area contributed by atoms with E-state index in [1.807, 2.05) is 0 Å². The summed E-state index contributed by atoms with van der Waals surface area (Å²) < 4.78 is 34.1. The smallest absolute Gasteiger partial charge is 0.160 e. The van der Waals surface area contributed by atoms with E-state index in [9.17, 15) is 13.2 Å². The van der Waals surface area contributed by atoms with E-state index in [1.54, 1.807) is 0 Å². The van der Waals surface area contributed by atoms with Gasteiger partial charge in [-0.15, -0.1) is 23.5 Å². The van der Waals surface area contributed by atoms with Gasteiger partial charge >= 0.3 is 5.51 Å². The second-order valence-corrected chi connectivity index (χ2v) is 5.92. The van der Waals surface area contributed by atoms with Gasteiger partial charge in [-0.05, 0) is 11.8 Å². The van der Waals surface area contributed by atoms with E-state index in [0.29, 0.717) is 0 Å². The van der Waals surface area contributed by atoms with Gasteiger partial charge in [0.1, 0.15) is 3.91 Å². The lowest BCUT2D eigenvalue weighted by molar-refractivity contribution is -0.0326. The van der Waals surface area contributed by atoms with Crippen molar-refractivity contribution in [3.8, 4) is 0 Å². The minimum Gasteiger partial charge on any atom is -0.160 e. The molecular formula is C3H3F3S3. The van der Waals surface area contributed by atoms with Gasteiger partial charge < -0.3 is 0 Å². The Morgan fingerprint density at radius 2 is 1.89 bits per heavy atom. The molecule has 0 amide bonds. The van der Waals surface area contributed by atoms with E-state index in [4.69, 9.17) is 0 Å². The van der Waals surface area contributed by atoms with Crippen molar-refractivity contribution < 1.29 is 13.2 Å². The van der Waals surface area contributed by atoms with Crippen LogP contribution < -0.4 is 0 Å². The fraction of sp³-hybridized carbons (Fsp3) is 1.00. The molecule has 0 bridgehead atoms. The highest BCUT2D eigenvalue weighted by atomic mass is 32.3. The van der Waals surface area contributed by atoms with Crippen molar-refractivity contribution in [3.63, 3.8) is 0 Å². The first kappa shape index (κ1) is 7.94. The van der Waals surface area contributed by atoms with Gasteiger partial charge in [0.15, 0.2) is 0 Å². The quantitative estimate of drug-likeness (QED) is 0.627. The maximum atomic E-state index is 11.5. The maximum Gasteiger partial charge on any atom is 0.443 e. The molecule has 0 aromatic heterocycles. The van der Waals surface area contributed by atoms with Crippen LogP contribution >= 0.6 is 35.3 Å². The van der Waals surface area contributed by atoms with E-state index in [0.717, 1.165) is 5.08 Å². The minimum absolute atomic E-state index is 0.0694. The van der Waals surface area contributed by atoms with Crippen LogP contribution in [0.15, 0.2) is 0 Å². The van der Waals surface area contributed by atoms with Crippen LogP contribution in [0, 0.1) is 0 Å². The first-order chi connectivity index (χ1) is 4.08. The van der Waals surface area contributed by atoms with E-state index in [-0.39, 0.29) is 15.7 Å². The SMILES string of the molecule is FC(F)(F)SC1SCS1. The number of halogens is 3. The largest absolute Gasteiger partial charge is 0.443 e. The molecule has 1 saturated heterocycles. The average Bonchev–Trinajstić information content (AvgIpc) is 1.53. The Hall–Kier alpha value is 0.840. The lowest BCUT2D eigenvalue weighted by atomic mass is 11.6. The molecule has 0 aliphatic carbocycles. The van der Waals surface area contributed by atoms with Crippen molar-refractivity contribution in [2.45, 2.75) is 9.42 Å². The van der Waals surface area contributed by atoms with Crippen molar-refractivity contribution in [2.24, 2.45) is 0 Å². The standard InChI is InChI=1S/C3H3F3S3/c4-3(5,6)9-2-7-1-8-2/h2H,1H2. The predicted molar refractivity (Wildman–Crippen MR) is 37.5 cm³/mol. The summed E-state index contributed by atoms with van der Waals surface area (Å²) in [6.07, 6.45) is 0. The van der Waals surface area contributed by atoms with Crippen LogP contribution in [-0.2, 0) is 0 Å². The molecule has 1 heterocycles. The molecule has 0 unspecified atom stereocenters. The fourth-order valence-corrected chi connectivity index (χ4v) is 3.71. The Morgan fingerprint density at radius 1 is 1.33 bits per heavy atom. The van der Waals surface area contributed by atoms with Crippen LogP contribution in [0.25, 0.3) is 0 Å². The predicted octanol–water partition coefficient (Wildman–Crippen LogP) is 2.96. The molecule has 1 aliphatic heterocycles. The lowest BCUT2D eigenvalue weighted by Gasteiger charge is -2.23. The Morgan fingerprint density at radius 3 is 2.00 bits per heavy atom. The molecule has 0 N–H and O–H groups in total. The van der Waals surface area contributed by atoms with Gasteiger partial charge in [0.25, 0.3) is 0 Å². The Balaban J connectivity index is 2.16. The topological polar surface area (TPSA) is 0 Å². The van der Waals surface area contributed by atoms with Crippen molar-refractivity contribution in [1.29, 1.82) is 0 Å². The molecule has 1 aliphatic rings. The van der Waals surface area contributed by atoms with Crippen LogP contribution in [0.3, 0.4) is 0 Å². The summed E-state index contributed by atoms with van der Waals surface area (Å²) in [7, 11) is 0. The molecule has 0 nitrogen and oxygen atoms in total. The van der Waals surface area contributed by atoms with E-state index < -0.39 is 5.51 Å². The third-order valence-electron chi connectivity index (χ3n) is 0.638. The molecule has 0 radical (unpaired) electrons. The average molecular weight is 192 g/mol. The fourth-order valence-electron chi connectivity index (χ4n) is 0.301. The highest BCUT2D eigenvalue weighted by molar-refractivity contribution is 8.43. The highest BCUT2D eigenvalue weighted by Crippen LogP contribution is 2.51. The molecule has 1 rings (SSSR count). The zero-order valence-corrected chi connectivity index (χ0v) is 6.59. The number of hydrogen-bond donors (Lipinski definition) is 0. The van der Waals surface area contributed by atoms with Gasteiger partial charge in [-0.3, -0.25) is 0 Å². The minimum atomic E-state index is -4.05. The monoisotopic (exact) mass is 192 g/mol. The summed E-state index contributed by atoms with van der Waals surface area (Å²) in [5, 5.41) is 0.799. The van der Waals surface area contributed by atoms with Gasteiger partial charge in [0.05, 0.1) is 0 Å². The molecule has 0 aromatic carbocycles. The van der Waals surface area contributed by atoms with E-state index in [2.05, 4.69) is 0 Å². The molecule has 0 saturated carbocycles. The van der Waals surface area contributed by atoms with Gasteiger partial charge in [-0.25, -0.2) is 0 Å². The first-order valence-electron chi connectivity index (χ1n) is 2.06. The van der Waals surface area contributed by atoms with Crippen LogP contribution in [0.5, 0.6) is 0 Å². The van der Waals surface area contributed by atoms with Gasteiger partial charge in [0.2, 0.25) is 0 Å². The summed E-state index contributed by atoms with van der Waals surface area (Å²) in [6.45, 7) is 0. The van der Waals surface area contributed by atoms with Crippen LogP contribution in [0.2, 0.25) is 0 Å². The summed E-state index contributed by atoms with van der Waals surface area (Å²) >= 11 is 2.75. The third-order valence-corrected chi connectivity index (χ3v) is 4.94. The molecule has 6 heteroatoms. The molecule has 0 aromatic rings. The Labute approximate surface area is 63.3 Å². The Kier molecular flexibility index (Phi) is 2.50. The van der Waals surface area contributed by atoms with Crippen molar-refractivity contribution in [3.05, 3.63) is 0 Å². The molecule has 1 fully saturated rings. The summed E-state index contributed by atoms with van der Waals surface area (Å²) in [5.41, 5.74) is -4.05. The van der Waals surface area contributed by atoms with Crippen LogP contribution in [0.1, 0.15) is 0 Å². The van der Waals surface area contributed by atoms with E-state index in [1.165, 1.54) is 23.5 Å². The molecule has 0 atom stereocenters. The van der Waals surface area contributed by atoms with Gasteiger partial charge in [0, 0.05) is 5.08 Å². The summed E-state index contributed by atoms with van der Waals surface area (Å²) in [6, 6.07) is 0. The zero-order valence-electron chi connectivity index (χ0n) is 4.14. The summed E-state index contributed by atoms with van der Waals surface area (Å²) in [5.74, 6) is 0. The van der Waals surface area contributed by atoms with Crippen LogP contribution in [-0.4, -0.2) is 14.5 Å². The lowest BCUT2D eigenvalue weighted by Crippen LogP contribution is -2.11. The van der Waals surface area contributed by atoms with Crippen LogP contribution in [0.4, 0.5) is 13.2 Å². The third kappa shape index (κ3) is 2.95. The van der Waals surface area contributed by atoms with Crippen molar-refractivity contribution >= 4 is 35.3 Å². The maximum absolute atomic E-state index is 11.5. The number of thioether (sulfide) groups is 3. The normalized spacial score (nSPS) is 21.7. The van der Waals surface area contributed by atoms with Crippen molar-refractivity contribution in [1.82, 2.24) is 0 Å². The van der Waals surface area contributed by atoms with Gasteiger partial charge in [-0.2, -0.15) is 13.2 Å². The van der Waals surface area contributed by atoms with Gasteiger partial charge in [-0.1, -0.05) is 0 Å². The number of alkyl halides is 3. The van der Waals surface area contributed by atoms with Crippen molar-refractivity contribution in [2.75, 3.05) is 5.08 Å². The summed E-state index contributed by atoms with van der Waals surface area (Å²) in [4.78, 5) is 0. The molecule has 9 heavy (non-hydrogen) atoms. The second-order valence-electron chi connectivity index (χ2n) is 1.30.